The summed E-state index contributed by atoms with van der Waals surface area (Å²) < 4.78 is 0. The number of hydrogen-bond donors (Lipinski definition) is 6. The number of nitrogens with zero attached hydrogens (tertiary/aromatic N) is 3. The third-order valence-electron chi connectivity index (χ3n) is 5.09. The molecule has 0 aliphatic carbocycles. The fraction of sp³-hybridized carbons (Fsp3) is 0.130. The summed E-state index contributed by atoms with van der Waals surface area (Å²) in [5.41, 5.74) is 7.35. The van der Waals surface area contributed by atoms with Crippen LogP contribution in [-0.4, -0.2) is 48.1 Å². The van der Waals surface area contributed by atoms with E-state index in [2.05, 4.69) is 30.6 Å². The molecule has 0 saturated heterocycles. The van der Waals surface area contributed by atoms with Gasteiger partial charge in [0.1, 0.15) is 11.8 Å². The van der Waals surface area contributed by atoms with Crippen molar-refractivity contribution < 1.29 is 19.8 Å². The summed E-state index contributed by atoms with van der Waals surface area (Å²) in [5, 5.41) is 24.5. The van der Waals surface area contributed by atoms with Crippen molar-refractivity contribution in [2.75, 3.05) is 11.1 Å². The number of fused-ring (bicyclic) bond motifs is 1. The van der Waals surface area contributed by atoms with Crippen LogP contribution in [-0.2, 0) is 17.8 Å². The number of H-pyrrole nitrogens is 1. The molecule has 12 heteroatoms. The van der Waals surface area contributed by atoms with Gasteiger partial charge in [0.05, 0.1) is 18.4 Å². The van der Waals surface area contributed by atoms with Gasteiger partial charge in [0.15, 0.2) is 11.2 Å². The summed E-state index contributed by atoms with van der Waals surface area (Å²) in [6.45, 7) is 0.256. The fourth-order valence-corrected chi connectivity index (χ4v) is 3.30. The SMILES string of the molecule is Nc1nc2ncc(CNc3ccc(C(=O)N[13C@@H]([13CH2][13c]4[13cH]c[13c](O)[13cH][13cH]4)[13C](=O)O)cc3)nc2c(=O)[nH]1. The van der Waals surface area contributed by atoms with Crippen molar-refractivity contribution in [1.29, 1.82) is 0 Å². The van der Waals surface area contributed by atoms with Crippen LogP contribution in [0.15, 0.2) is 59.5 Å². The summed E-state index contributed by atoms with van der Waals surface area (Å²) in [5.74, 6) is -1.67. The van der Waals surface area contributed by atoms with Gasteiger partial charge in [-0.15, -0.1) is 0 Å². The number of rotatable bonds is 8. The number of benzene rings is 2. The Morgan fingerprint density at radius 3 is 2.46 bits per heavy atom. The quantitative estimate of drug-likeness (QED) is 0.197. The normalized spacial score (nSPS) is 11.7. The van der Waals surface area contributed by atoms with Crippen LogP contribution < -0.4 is 21.9 Å². The fourth-order valence-electron chi connectivity index (χ4n) is 3.30. The van der Waals surface area contributed by atoms with Crippen molar-refractivity contribution in [3.63, 3.8) is 0 Å². The number of aromatic hydroxyl groups is 1. The molecule has 12 nitrogen and oxygen atoms in total. The van der Waals surface area contributed by atoms with E-state index in [0.717, 1.165) is 0 Å². The predicted molar refractivity (Wildman–Crippen MR) is 127 cm³/mol. The van der Waals surface area contributed by atoms with E-state index >= 15 is 0 Å². The van der Waals surface area contributed by atoms with Crippen molar-refractivity contribution in [3.05, 3.63) is 81.9 Å². The van der Waals surface area contributed by atoms with E-state index < -0.39 is 23.5 Å². The van der Waals surface area contributed by atoms with Crippen molar-refractivity contribution in [3.8, 4) is 5.75 Å². The van der Waals surface area contributed by atoms with Crippen LogP contribution in [0.1, 0.15) is 21.6 Å². The molecule has 178 valence electrons. The number of hydrogen-bond acceptors (Lipinski definition) is 9. The predicted octanol–water partition coefficient (Wildman–Crippen LogP) is 1.04. The summed E-state index contributed by atoms with van der Waals surface area (Å²) in [4.78, 5) is 50.8. The molecule has 0 aliphatic rings. The lowest BCUT2D eigenvalue weighted by atomic mass is 10.2. The molecule has 0 bridgehead atoms. The van der Waals surface area contributed by atoms with E-state index in [1.54, 1.807) is 36.4 Å². The van der Waals surface area contributed by atoms with E-state index in [1.165, 1.54) is 18.3 Å². The molecule has 0 fully saturated rings. The summed E-state index contributed by atoms with van der Waals surface area (Å²) >= 11 is 0. The zero-order chi connectivity index (χ0) is 24.9. The monoisotopic (exact) mass is 483 g/mol. The number of aromatic amines is 1. The highest BCUT2D eigenvalue weighted by atomic mass is 16.5. The van der Waals surface area contributed by atoms with Crippen LogP contribution in [0.4, 0.5) is 11.6 Å². The van der Waals surface area contributed by atoms with Crippen LogP contribution in [0.25, 0.3) is 11.2 Å². The average molecular weight is 483 g/mol. The minimum absolute atomic E-state index is 0.0400. The molecule has 0 radical (unpaired) electrons. The van der Waals surface area contributed by atoms with E-state index in [0.29, 0.717) is 16.9 Å². The molecule has 1 amide bonds. The second-order valence-electron chi connectivity index (χ2n) is 7.65. The van der Waals surface area contributed by atoms with Crippen molar-refractivity contribution in [2.45, 2.75) is 19.0 Å². The summed E-state index contributed by atoms with van der Waals surface area (Å²) in [7, 11) is 0. The van der Waals surface area contributed by atoms with Gasteiger partial charge in [-0.1, -0.05) is 12.1 Å². The summed E-state index contributed by atoms with van der Waals surface area (Å²) in [6.07, 6.45) is 1.54. The van der Waals surface area contributed by atoms with Gasteiger partial charge in [0.2, 0.25) is 5.95 Å². The first-order chi connectivity index (χ1) is 16.8. The van der Waals surface area contributed by atoms with Crippen LogP contribution in [0.2, 0.25) is 0 Å². The lowest BCUT2D eigenvalue weighted by molar-refractivity contribution is -0.139. The molecule has 0 unspecified atom stereocenters. The molecule has 0 saturated carbocycles. The number of nitrogen functional groups attached to an aromatic ring is 1. The van der Waals surface area contributed by atoms with E-state index in [9.17, 15) is 24.6 Å². The number of amides is 1. The van der Waals surface area contributed by atoms with Gasteiger partial charge in [-0.25, -0.2) is 14.8 Å². The van der Waals surface area contributed by atoms with Gasteiger partial charge < -0.3 is 26.6 Å². The maximum atomic E-state index is 12.6. The topological polar surface area (TPSA) is 196 Å². The van der Waals surface area contributed by atoms with E-state index in [4.69, 9.17) is 5.73 Å². The van der Waals surface area contributed by atoms with Gasteiger partial charge in [-0.05, 0) is 42.0 Å². The lowest BCUT2D eigenvalue weighted by Crippen LogP contribution is -2.42. The molecule has 7 N–H and O–H groups in total. The van der Waals surface area contributed by atoms with Crippen LogP contribution in [0, 0.1) is 0 Å². The number of nitrogens with two attached hydrogens (primary N) is 1. The second kappa shape index (κ2) is 9.87. The minimum atomic E-state index is -1.17. The number of aliphatic carboxylic acids is 1. The number of phenols is 1. The number of nitrogens with one attached hydrogen (secondary N) is 3. The maximum absolute atomic E-state index is 12.6. The molecule has 2 aromatic carbocycles. The standard InChI is InChI=1S/C23H21N7O5/c24-23-29-19-18(21(33)30-23)27-15(11-26-19)10-25-14-5-3-13(4-6-14)20(32)28-17(22(34)35)9-12-1-7-16(31)8-2-12/h1-8,11,17,25,31H,9-10H2,(H,28,32)(H,34,35)(H3,24,26,29,30,33)/t17-/m0/s1/i1+1,2+1,7+1,9+1,12+1,16+1,17+1,22+1. The largest absolute Gasteiger partial charge is 0.508 e. The third-order valence-corrected chi connectivity index (χ3v) is 5.09. The number of anilines is 2. The number of carboxylic acids is 1. The Morgan fingerprint density at radius 1 is 1.06 bits per heavy atom. The Labute approximate surface area is 197 Å². The zero-order valence-corrected chi connectivity index (χ0v) is 18.2. The first-order valence-electron chi connectivity index (χ1n) is 10.5. The van der Waals surface area contributed by atoms with Crippen molar-refractivity contribution in [2.24, 2.45) is 0 Å². The molecular formula is C23H21N7O5. The van der Waals surface area contributed by atoms with Crippen LogP contribution in [0.3, 0.4) is 0 Å². The number of carbonyl (C=O) groups is 2. The Kier molecular flexibility index (Phi) is 6.53. The smallest absolute Gasteiger partial charge is 0.326 e. The Hall–Kier alpha value is -5.00. The van der Waals surface area contributed by atoms with Crippen LogP contribution in [0.5, 0.6) is 5.75 Å². The Morgan fingerprint density at radius 2 is 1.77 bits per heavy atom. The summed E-state index contributed by atoms with van der Waals surface area (Å²) in [6, 6.07) is 11.4. The lowest BCUT2D eigenvalue weighted by Gasteiger charge is -2.15. The number of carbonyl (C=O) groups excluding carboxylic acids is 1. The molecule has 0 aliphatic heterocycles. The molecule has 2 aromatic heterocycles. The highest BCUT2D eigenvalue weighted by molar-refractivity contribution is 5.96. The molecule has 35 heavy (non-hydrogen) atoms. The molecular weight excluding hydrogens is 462 g/mol. The Bertz CT molecular complexity index is 1440. The molecule has 2 heterocycles. The van der Waals surface area contributed by atoms with Gasteiger partial charge in [0, 0.05) is 17.7 Å². The van der Waals surface area contributed by atoms with E-state index in [1.807, 2.05) is 0 Å². The van der Waals surface area contributed by atoms with Crippen molar-refractivity contribution >= 4 is 34.7 Å². The minimum Gasteiger partial charge on any atom is -0.508 e. The maximum Gasteiger partial charge on any atom is 0.326 e. The molecule has 4 aromatic rings. The molecule has 4 rings (SSSR count). The second-order valence-corrected chi connectivity index (χ2v) is 7.65. The first-order valence-corrected chi connectivity index (χ1v) is 10.5. The van der Waals surface area contributed by atoms with Gasteiger partial charge in [-0.3, -0.25) is 14.6 Å². The van der Waals surface area contributed by atoms with Crippen molar-refractivity contribution in [1.82, 2.24) is 25.3 Å². The van der Waals surface area contributed by atoms with Gasteiger partial charge in [-0.2, -0.15) is 4.98 Å². The van der Waals surface area contributed by atoms with Gasteiger partial charge >= 0.3 is 5.97 Å². The average Bonchev–Trinajstić information content (AvgIpc) is 2.84. The first kappa shape index (κ1) is 23.2. The molecule has 0 spiro atoms. The van der Waals surface area contributed by atoms with Crippen LogP contribution >= 0.6 is 0 Å². The third kappa shape index (κ3) is 5.68. The Balaban J connectivity index is 1.38. The van der Waals surface area contributed by atoms with E-state index in [-0.39, 0.29) is 41.4 Å². The molecule has 1 atom stereocenters. The van der Waals surface area contributed by atoms with Gasteiger partial charge in [0.25, 0.3) is 11.5 Å². The highest BCUT2D eigenvalue weighted by Crippen LogP contribution is 2.14. The number of phenolic OH excluding ortho intramolecular Hbond substituents is 1. The zero-order valence-electron chi connectivity index (χ0n) is 18.2. The number of aromatic nitrogens is 4. The highest BCUT2D eigenvalue weighted by Gasteiger charge is 2.21. The number of carboxylic acid groups (broad SMARTS) is 1.